The van der Waals surface area contributed by atoms with E-state index in [9.17, 15) is 0 Å². The Labute approximate surface area is 144 Å². The molecule has 2 nitrogen and oxygen atoms in total. The molecule has 2 unspecified atom stereocenters. The van der Waals surface area contributed by atoms with Crippen molar-refractivity contribution in [2.24, 2.45) is 11.7 Å². The summed E-state index contributed by atoms with van der Waals surface area (Å²) in [5.41, 5.74) is 7.50. The highest BCUT2D eigenvalue weighted by Crippen LogP contribution is 2.30. The highest BCUT2D eigenvalue weighted by Gasteiger charge is 2.24. The monoisotopic (exact) mass is 320 g/mol. The van der Waals surface area contributed by atoms with Gasteiger partial charge in [0.2, 0.25) is 0 Å². The fourth-order valence-electron chi connectivity index (χ4n) is 4.54. The lowest BCUT2D eigenvalue weighted by atomic mass is 9.80. The number of nitrogens with one attached hydrogen (secondary N) is 1. The second-order valence-electron chi connectivity index (χ2n) is 7.83. The average molecular weight is 321 g/mol. The summed E-state index contributed by atoms with van der Waals surface area (Å²) in [6, 6.07) is 0.681. The van der Waals surface area contributed by atoms with Crippen LogP contribution in [-0.4, -0.2) is 12.7 Å². The van der Waals surface area contributed by atoms with Crippen LogP contribution in [0.15, 0.2) is 11.6 Å². The summed E-state index contributed by atoms with van der Waals surface area (Å²) >= 11 is 0. The predicted octanol–water partition coefficient (Wildman–Crippen LogP) is 5.67. The first kappa shape index (κ1) is 19.0. The zero-order valence-electron chi connectivity index (χ0n) is 15.3. The number of hydrogen-bond acceptors (Lipinski definition) is 2. The van der Waals surface area contributed by atoms with E-state index in [0.29, 0.717) is 12.7 Å². The molecule has 0 radical (unpaired) electrons. The fraction of sp³-hybridized carbons (Fsp3) is 0.905. The highest BCUT2D eigenvalue weighted by molar-refractivity contribution is 5.03. The molecule has 2 heteroatoms. The molecule has 0 saturated heterocycles. The molecule has 0 bridgehead atoms. The van der Waals surface area contributed by atoms with Crippen molar-refractivity contribution in [1.82, 2.24) is 5.32 Å². The predicted molar refractivity (Wildman–Crippen MR) is 101 cm³/mol. The van der Waals surface area contributed by atoms with E-state index in [1.165, 1.54) is 103 Å². The summed E-state index contributed by atoms with van der Waals surface area (Å²) in [5.74, 6) is 0.856. The van der Waals surface area contributed by atoms with Crippen LogP contribution < -0.4 is 11.1 Å². The smallest absolute Gasteiger partial charge is 0.0430 e. The molecule has 0 spiro atoms. The van der Waals surface area contributed by atoms with Crippen molar-refractivity contribution in [2.75, 3.05) is 6.67 Å². The molecule has 2 aliphatic carbocycles. The van der Waals surface area contributed by atoms with E-state index in [1.54, 1.807) is 5.57 Å². The van der Waals surface area contributed by atoms with E-state index in [2.05, 4.69) is 11.4 Å². The van der Waals surface area contributed by atoms with Crippen molar-refractivity contribution in [3.05, 3.63) is 11.6 Å². The minimum absolute atomic E-state index is 0.643. The largest absolute Gasteiger partial charge is 0.318 e. The average Bonchev–Trinajstić information content (AvgIpc) is 2.56. The molecule has 0 heterocycles. The van der Waals surface area contributed by atoms with Gasteiger partial charge < -0.3 is 11.1 Å². The quantitative estimate of drug-likeness (QED) is 0.506. The maximum absolute atomic E-state index is 5.74. The molecule has 3 N–H and O–H groups in total. The molecule has 1 fully saturated rings. The second kappa shape index (κ2) is 12.1. The maximum atomic E-state index is 5.74. The minimum Gasteiger partial charge on any atom is -0.318 e. The molecule has 2 atom stereocenters. The van der Waals surface area contributed by atoms with E-state index >= 15 is 0 Å². The Kier molecular flexibility index (Phi) is 9.98. The van der Waals surface area contributed by atoms with Crippen LogP contribution in [0.4, 0.5) is 0 Å². The van der Waals surface area contributed by atoms with Crippen LogP contribution in [0.25, 0.3) is 0 Å². The Bertz CT molecular complexity index is 322. The highest BCUT2D eigenvalue weighted by atomic mass is 15.0. The van der Waals surface area contributed by atoms with Crippen LogP contribution in [-0.2, 0) is 0 Å². The van der Waals surface area contributed by atoms with Crippen LogP contribution in [0.5, 0.6) is 0 Å². The molecule has 1 saturated carbocycles. The normalized spacial score (nSPS) is 30.7. The first-order valence-electron chi connectivity index (χ1n) is 10.5. The Balaban J connectivity index is 1.79. The van der Waals surface area contributed by atoms with Crippen molar-refractivity contribution in [2.45, 2.75) is 109 Å². The molecule has 0 aliphatic heterocycles. The van der Waals surface area contributed by atoms with Gasteiger partial charge in [0.25, 0.3) is 0 Å². The third-order valence-corrected chi connectivity index (χ3v) is 6.01. The third-order valence-electron chi connectivity index (χ3n) is 6.01. The van der Waals surface area contributed by atoms with Crippen LogP contribution in [0, 0.1) is 5.92 Å². The number of rotatable bonds is 5. The van der Waals surface area contributed by atoms with Crippen molar-refractivity contribution < 1.29 is 0 Å². The van der Waals surface area contributed by atoms with Crippen molar-refractivity contribution >= 4 is 0 Å². The van der Waals surface area contributed by atoms with Gasteiger partial charge in [-0.05, 0) is 57.3 Å². The molecule has 2 rings (SSSR count). The molecular weight excluding hydrogens is 280 g/mol. The zero-order chi connectivity index (χ0) is 16.2. The van der Waals surface area contributed by atoms with Crippen LogP contribution in [0.2, 0.25) is 0 Å². The van der Waals surface area contributed by atoms with Crippen molar-refractivity contribution in [3.8, 4) is 0 Å². The van der Waals surface area contributed by atoms with Gasteiger partial charge in [-0.2, -0.15) is 0 Å². The first-order chi connectivity index (χ1) is 11.4. The number of hydrogen-bond donors (Lipinski definition) is 2. The van der Waals surface area contributed by atoms with Crippen LogP contribution in [0.1, 0.15) is 103 Å². The van der Waals surface area contributed by atoms with Gasteiger partial charge in [-0.15, -0.1) is 0 Å². The lowest BCUT2D eigenvalue weighted by Gasteiger charge is -2.32. The first-order valence-corrected chi connectivity index (χ1v) is 10.5. The molecule has 2 aliphatic rings. The fourth-order valence-corrected chi connectivity index (χ4v) is 4.54. The van der Waals surface area contributed by atoms with E-state index < -0.39 is 0 Å². The molecule has 0 aromatic carbocycles. The summed E-state index contributed by atoms with van der Waals surface area (Å²) in [6.45, 7) is 0.643. The number of allylic oxidation sites excluding steroid dienone is 2. The van der Waals surface area contributed by atoms with E-state index in [4.69, 9.17) is 5.73 Å². The van der Waals surface area contributed by atoms with Gasteiger partial charge in [0, 0.05) is 12.7 Å². The minimum atomic E-state index is 0.643. The summed E-state index contributed by atoms with van der Waals surface area (Å²) < 4.78 is 0. The van der Waals surface area contributed by atoms with E-state index in [-0.39, 0.29) is 0 Å². The Hall–Kier alpha value is -0.340. The van der Waals surface area contributed by atoms with Crippen molar-refractivity contribution in [1.29, 1.82) is 0 Å². The van der Waals surface area contributed by atoms with Gasteiger partial charge in [0.05, 0.1) is 0 Å². The zero-order valence-corrected chi connectivity index (χ0v) is 15.3. The molecule has 0 amide bonds. The van der Waals surface area contributed by atoms with Gasteiger partial charge in [0.15, 0.2) is 0 Å². The summed E-state index contributed by atoms with van der Waals surface area (Å²) in [5, 5.41) is 3.54. The molecule has 23 heavy (non-hydrogen) atoms. The van der Waals surface area contributed by atoms with Gasteiger partial charge >= 0.3 is 0 Å². The maximum Gasteiger partial charge on any atom is 0.0430 e. The standard InChI is InChI=1S/C21H40N2/c22-18-23-21-15-11-10-14-20(21)17-16-19-12-8-6-4-2-1-3-5-7-9-13-19/h12,20-21,23H,1-11,13-18,22H2/b19-12-. The van der Waals surface area contributed by atoms with Gasteiger partial charge in [-0.1, -0.05) is 63.0 Å². The van der Waals surface area contributed by atoms with E-state index in [0.717, 1.165) is 5.92 Å². The lowest BCUT2D eigenvalue weighted by Crippen LogP contribution is -2.41. The Morgan fingerprint density at radius 3 is 2.35 bits per heavy atom. The van der Waals surface area contributed by atoms with Crippen LogP contribution >= 0.6 is 0 Å². The van der Waals surface area contributed by atoms with E-state index in [1.807, 2.05) is 0 Å². The number of nitrogens with two attached hydrogens (primary N) is 1. The van der Waals surface area contributed by atoms with Crippen molar-refractivity contribution in [3.63, 3.8) is 0 Å². The Morgan fingerprint density at radius 2 is 1.57 bits per heavy atom. The summed E-state index contributed by atoms with van der Waals surface area (Å²) in [7, 11) is 0. The van der Waals surface area contributed by atoms with Gasteiger partial charge in [0.1, 0.15) is 0 Å². The van der Waals surface area contributed by atoms with Gasteiger partial charge in [-0.3, -0.25) is 0 Å². The van der Waals surface area contributed by atoms with Crippen LogP contribution in [0.3, 0.4) is 0 Å². The molecule has 0 aromatic rings. The van der Waals surface area contributed by atoms with Gasteiger partial charge in [-0.25, -0.2) is 0 Å². The molecule has 0 aromatic heterocycles. The lowest BCUT2D eigenvalue weighted by molar-refractivity contribution is 0.250. The molecular formula is C21H40N2. The Morgan fingerprint density at radius 1 is 0.870 bits per heavy atom. The topological polar surface area (TPSA) is 38.0 Å². The summed E-state index contributed by atoms with van der Waals surface area (Å²) in [4.78, 5) is 0. The third kappa shape index (κ3) is 7.85. The summed E-state index contributed by atoms with van der Waals surface area (Å²) in [6.07, 6.45) is 25.1. The molecule has 134 valence electrons. The SMILES string of the molecule is NCNC1CCCCC1CC/C1=C\CCCCCCCCCC1. The second-order valence-corrected chi connectivity index (χ2v) is 7.83.